The molecule has 0 fully saturated rings. The summed E-state index contributed by atoms with van der Waals surface area (Å²) in [4.78, 5) is 8.33. The number of imidazole rings is 1. The highest BCUT2D eigenvalue weighted by molar-refractivity contribution is 6.01. The zero-order chi connectivity index (χ0) is 14.5. The van der Waals surface area contributed by atoms with E-state index >= 15 is 0 Å². The molecule has 0 bridgehead atoms. The van der Waals surface area contributed by atoms with Gasteiger partial charge in [0.25, 0.3) is 0 Å². The Bertz CT molecular complexity index is 605. The maximum atomic E-state index is 9.30. The molecule has 0 spiro atoms. The number of nitrogens with zero attached hydrogens (tertiary/aromatic N) is 4. The number of hydrogen-bond acceptors (Lipinski definition) is 5. The first-order valence-electron chi connectivity index (χ1n) is 6.43. The third kappa shape index (κ3) is 3.14. The van der Waals surface area contributed by atoms with Gasteiger partial charge >= 0.3 is 0 Å². The monoisotopic (exact) mass is 274 g/mol. The van der Waals surface area contributed by atoms with E-state index in [-0.39, 0.29) is 0 Å². The van der Waals surface area contributed by atoms with Gasteiger partial charge in [0.15, 0.2) is 5.84 Å². The lowest BCUT2D eigenvalue weighted by atomic mass is 10.2. The Morgan fingerprint density at radius 3 is 2.85 bits per heavy atom. The molecule has 1 N–H and O–H groups in total. The van der Waals surface area contributed by atoms with Gasteiger partial charge in [0.2, 0.25) is 5.88 Å². The minimum absolute atomic E-state index is 0.331. The maximum absolute atomic E-state index is 9.30. The Balaban J connectivity index is 2.35. The molecule has 2 aromatic rings. The molecule has 20 heavy (non-hydrogen) atoms. The molecule has 0 unspecified atom stereocenters. The van der Waals surface area contributed by atoms with Crippen molar-refractivity contribution in [3.8, 4) is 5.88 Å². The van der Waals surface area contributed by atoms with Crippen LogP contribution in [0.3, 0.4) is 0 Å². The summed E-state index contributed by atoms with van der Waals surface area (Å²) in [5, 5.41) is 12.6. The van der Waals surface area contributed by atoms with Crippen LogP contribution in [0.25, 0.3) is 0 Å². The van der Waals surface area contributed by atoms with E-state index in [0.29, 0.717) is 29.8 Å². The number of rotatable bonds is 4. The molecule has 0 saturated carbocycles. The van der Waals surface area contributed by atoms with Crippen LogP contribution in [-0.4, -0.2) is 32.2 Å². The van der Waals surface area contributed by atoms with Gasteiger partial charge < -0.3 is 9.94 Å². The van der Waals surface area contributed by atoms with E-state index in [1.807, 2.05) is 6.92 Å². The number of hydrogen-bond donors (Lipinski definition) is 1. The summed E-state index contributed by atoms with van der Waals surface area (Å²) >= 11 is 0. The van der Waals surface area contributed by atoms with E-state index in [1.165, 1.54) is 0 Å². The van der Waals surface area contributed by atoms with Gasteiger partial charge in [-0.15, -0.1) is 0 Å². The van der Waals surface area contributed by atoms with E-state index in [0.717, 1.165) is 5.69 Å². The smallest absolute Gasteiger partial charge is 0.224 e. The highest BCUT2D eigenvalue weighted by atomic mass is 16.5. The summed E-state index contributed by atoms with van der Waals surface area (Å²) in [7, 11) is 0. The summed E-state index contributed by atoms with van der Waals surface area (Å²) in [6, 6.07) is 3.57. The summed E-state index contributed by atoms with van der Waals surface area (Å²) in [6.45, 7) is 6.53. The van der Waals surface area contributed by atoms with Gasteiger partial charge in [-0.25, -0.2) is 9.97 Å². The van der Waals surface area contributed by atoms with E-state index in [9.17, 15) is 5.21 Å². The van der Waals surface area contributed by atoms with Crippen molar-refractivity contribution in [3.05, 3.63) is 42.1 Å². The van der Waals surface area contributed by atoms with Crippen LogP contribution in [0.4, 0.5) is 0 Å². The van der Waals surface area contributed by atoms with Crippen LogP contribution in [-0.2, 0) is 0 Å². The molecule has 6 heteroatoms. The molecular weight excluding hydrogens is 256 g/mol. The predicted octanol–water partition coefficient (Wildman–Crippen LogP) is 2.31. The molecule has 0 saturated heterocycles. The van der Waals surface area contributed by atoms with Crippen molar-refractivity contribution in [1.82, 2.24) is 14.5 Å². The van der Waals surface area contributed by atoms with Crippen molar-refractivity contribution in [2.24, 2.45) is 11.1 Å². The van der Waals surface area contributed by atoms with Gasteiger partial charge in [0.05, 0.1) is 17.9 Å². The van der Waals surface area contributed by atoms with Crippen molar-refractivity contribution >= 4 is 5.84 Å². The quantitative estimate of drug-likeness (QED) is 0.402. The predicted molar refractivity (Wildman–Crippen MR) is 75.3 cm³/mol. The van der Waals surface area contributed by atoms with Crippen molar-refractivity contribution in [3.63, 3.8) is 0 Å². The fourth-order valence-electron chi connectivity index (χ4n) is 1.70. The normalized spacial score (nSPS) is 11.9. The molecule has 2 rings (SSSR count). The third-order valence-electron chi connectivity index (χ3n) is 2.62. The Kier molecular flexibility index (Phi) is 4.34. The van der Waals surface area contributed by atoms with Gasteiger partial charge in [0, 0.05) is 12.4 Å². The Hall–Kier alpha value is -2.37. The molecule has 2 aromatic heterocycles. The average Bonchev–Trinajstić information content (AvgIpc) is 2.85. The highest BCUT2D eigenvalue weighted by Gasteiger charge is 2.15. The van der Waals surface area contributed by atoms with Crippen LogP contribution >= 0.6 is 0 Å². The fourth-order valence-corrected chi connectivity index (χ4v) is 1.70. The lowest BCUT2D eigenvalue weighted by Gasteiger charge is -2.12. The molecule has 0 amide bonds. The van der Waals surface area contributed by atoms with E-state index in [1.54, 1.807) is 35.4 Å². The van der Waals surface area contributed by atoms with Crippen molar-refractivity contribution in [2.75, 3.05) is 6.61 Å². The van der Waals surface area contributed by atoms with E-state index < -0.39 is 0 Å². The molecule has 0 radical (unpaired) electrons. The van der Waals surface area contributed by atoms with E-state index in [2.05, 4.69) is 29.0 Å². The van der Waals surface area contributed by atoms with Gasteiger partial charge in [-0.3, -0.25) is 4.57 Å². The lowest BCUT2D eigenvalue weighted by Crippen LogP contribution is -2.15. The zero-order valence-electron chi connectivity index (χ0n) is 11.8. The standard InChI is InChI=1S/C14H18N4O2/c1-10(2)8-20-14-12(5-4-6-15-14)13(17-19)18-7-11(3)16-9-18/h4-7,9-10,19H,8H2,1-3H3/b17-13-. The molecule has 0 aromatic carbocycles. The second-order valence-corrected chi connectivity index (χ2v) is 4.91. The largest absolute Gasteiger partial charge is 0.477 e. The highest BCUT2D eigenvalue weighted by Crippen LogP contribution is 2.17. The topological polar surface area (TPSA) is 72.5 Å². The van der Waals surface area contributed by atoms with Crippen LogP contribution in [0.15, 0.2) is 36.0 Å². The number of pyridine rings is 1. The average molecular weight is 274 g/mol. The molecule has 2 heterocycles. The summed E-state index contributed by atoms with van der Waals surface area (Å²) in [5.74, 6) is 1.16. The van der Waals surface area contributed by atoms with E-state index in [4.69, 9.17) is 4.74 Å². The molecule has 6 nitrogen and oxygen atoms in total. The second-order valence-electron chi connectivity index (χ2n) is 4.91. The van der Waals surface area contributed by atoms with Crippen LogP contribution < -0.4 is 4.74 Å². The first kappa shape index (κ1) is 14.0. The number of aryl methyl sites for hydroxylation is 1. The van der Waals surface area contributed by atoms with Gasteiger partial charge in [-0.05, 0) is 25.0 Å². The minimum atomic E-state index is 0.331. The summed E-state index contributed by atoms with van der Waals surface area (Å²) in [6.07, 6.45) is 5.01. The fraction of sp³-hybridized carbons (Fsp3) is 0.357. The molecule has 106 valence electrons. The van der Waals surface area contributed by atoms with Crippen LogP contribution in [0.5, 0.6) is 5.88 Å². The molecular formula is C14H18N4O2. The Morgan fingerprint density at radius 2 is 2.25 bits per heavy atom. The number of oxime groups is 1. The molecule has 0 aliphatic heterocycles. The van der Waals surface area contributed by atoms with Crippen LogP contribution in [0.1, 0.15) is 25.1 Å². The van der Waals surface area contributed by atoms with Crippen LogP contribution in [0.2, 0.25) is 0 Å². The molecule has 0 aliphatic rings. The van der Waals surface area contributed by atoms with Gasteiger partial charge in [-0.2, -0.15) is 0 Å². The van der Waals surface area contributed by atoms with Gasteiger partial charge in [0.1, 0.15) is 6.33 Å². The van der Waals surface area contributed by atoms with Gasteiger partial charge in [-0.1, -0.05) is 19.0 Å². The lowest BCUT2D eigenvalue weighted by molar-refractivity contribution is 0.260. The second kappa shape index (κ2) is 6.18. The number of ether oxygens (including phenoxy) is 1. The van der Waals surface area contributed by atoms with Crippen molar-refractivity contribution in [2.45, 2.75) is 20.8 Å². The minimum Gasteiger partial charge on any atom is -0.477 e. The first-order valence-corrected chi connectivity index (χ1v) is 6.43. The Labute approximate surface area is 117 Å². The van der Waals surface area contributed by atoms with Crippen molar-refractivity contribution in [1.29, 1.82) is 0 Å². The SMILES string of the molecule is Cc1cn(/C(=N\O)c2cccnc2OCC(C)C)cn1. The zero-order valence-corrected chi connectivity index (χ0v) is 11.8. The molecule has 0 aliphatic carbocycles. The Morgan fingerprint density at radius 1 is 1.45 bits per heavy atom. The van der Waals surface area contributed by atoms with Crippen LogP contribution in [0, 0.1) is 12.8 Å². The summed E-state index contributed by atoms with van der Waals surface area (Å²) in [5.41, 5.74) is 1.45. The molecule has 0 atom stereocenters. The number of aromatic nitrogens is 3. The van der Waals surface area contributed by atoms with Crippen molar-refractivity contribution < 1.29 is 9.94 Å². The third-order valence-corrected chi connectivity index (χ3v) is 2.62. The first-order chi connectivity index (χ1) is 9.61. The summed E-state index contributed by atoms with van der Waals surface area (Å²) < 4.78 is 7.31. The maximum Gasteiger partial charge on any atom is 0.224 e.